The van der Waals surface area contributed by atoms with Crippen LogP contribution < -0.4 is 0 Å². The fraction of sp³-hybridized carbons (Fsp3) is 0.143. The highest BCUT2D eigenvalue weighted by Gasteiger charge is 2.16. The molecule has 1 aliphatic carbocycles. The van der Waals surface area contributed by atoms with Crippen molar-refractivity contribution < 1.29 is 0 Å². The molecule has 0 aromatic heterocycles. The van der Waals surface area contributed by atoms with E-state index in [4.69, 9.17) is 0 Å². The Balaban J connectivity index is 2.40. The third kappa shape index (κ3) is 0.884. The van der Waals surface area contributed by atoms with Gasteiger partial charge in [0.15, 0.2) is 0 Å². The maximum Gasteiger partial charge on any atom is -0.0102 e. The first kappa shape index (κ1) is 7.81. The molecule has 0 atom stereocenters. The summed E-state index contributed by atoms with van der Waals surface area (Å²) in [7, 11) is 0. The van der Waals surface area contributed by atoms with E-state index in [1.54, 1.807) is 0 Å². The van der Waals surface area contributed by atoms with Crippen LogP contribution in [0.5, 0.6) is 0 Å². The van der Waals surface area contributed by atoms with Gasteiger partial charge in [-0.15, -0.1) is 0 Å². The van der Waals surface area contributed by atoms with Gasteiger partial charge in [-0.25, -0.2) is 0 Å². The largest absolute Gasteiger partial charge is 0.0587 e. The molecular weight excluding hydrogens is 168 g/mol. The highest BCUT2D eigenvalue weighted by molar-refractivity contribution is 5.93. The van der Waals surface area contributed by atoms with E-state index >= 15 is 0 Å². The molecule has 0 saturated heterocycles. The van der Waals surface area contributed by atoms with Gasteiger partial charge in [-0.05, 0) is 47.7 Å². The summed E-state index contributed by atoms with van der Waals surface area (Å²) in [6.45, 7) is 4.32. The number of rotatable bonds is 0. The Hall–Kier alpha value is -1.56. The predicted molar refractivity (Wildman–Crippen MR) is 60.3 cm³/mol. The van der Waals surface area contributed by atoms with Crippen LogP contribution in [0.25, 0.3) is 22.3 Å². The van der Waals surface area contributed by atoms with Crippen molar-refractivity contribution in [1.82, 2.24) is 0 Å². The standard InChI is InChI=1S/C14H12/c1-9-3-6-12-13-8-11(14(12)7-9)5-4-10(13)2/h3-8H,1-2H3. The minimum absolute atomic E-state index is 1.34. The van der Waals surface area contributed by atoms with E-state index in [-0.39, 0.29) is 0 Å². The molecule has 0 fully saturated rings. The molecule has 0 saturated carbocycles. The molecule has 14 heavy (non-hydrogen) atoms. The Bertz CT molecular complexity index is 522. The third-order valence-corrected chi connectivity index (χ3v) is 3.01. The van der Waals surface area contributed by atoms with Crippen molar-refractivity contribution in [1.29, 1.82) is 0 Å². The smallest absolute Gasteiger partial charge is 0.0102 e. The molecule has 2 aromatic rings. The summed E-state index contributed by atoms with van der Waals surface area (Å²) in [5.41, 5.74) is 8.27. The van der Waals surface area contributed by atoms with Gasteiger partial charge in [-0.3, -0.25) is 0 Å². The Labute approximate surface area is 84.2 Å². The minimum Gasteiger partial charge on any atom is -0.0587 e. The Morgan fingerprint density at radius 3 is 2.43 bits per heavy atom. The average molecular weight is 180 g/mol. The summed E-state index contributed by atoms with van der Waals surface area (Å²) in [6.07, 6.45) is 0. The molecule has 0 heterocycles. The lowest BCUT2D eigenvalue weighted by atomic mass is 10.0. The second kappa shape index (κ2) is 2.48. The summed E-state index contributed by atoms with van der Waals surface area (Å²) in [6, 6.07) is 13.4. The van der Waals surface area contributed by atoms with Gasteiger partial charge in [0.05, 0.1) is 0 Å². The molecule has 0 nitrogen and oxygen atoms in total. The molecular formula is C14H12. The first-order valence-electron chi connectivity index (χ1n) is 4.98. The second-order valence-electron chi connectivity index (χ2n) is 4.08. The summed E-state index contributed by atoms with van der Waals surface area (Å²) >= 11 is 0. The first-order chi connectivity index (χ1) is 6.75. The van der Waals surface area contributed by atoms with Crippen molar-refractivity contribution in [3.63, 3.8) is 0 Å². The monoisotopic (exact) mass is 180 g/mol. The maximum atomic E-state index is 2.29. The van der Waals surface area contributed by atoms with E-state index in [0.717, 1.165) is 0 Å². The van der Waals surface area contributed by atoms with Crippen molar-refractivity contribution in [2.75, 3.05) is 0 Å². The lowest BCUT2D eigenvalue weighted by molar-refractivity contribution is 1.47. The van der Waals surface area contributed by atoms with Gasteiger partial charge in [0.2, 0.25) is 0 Å². The molecule has 0 unspecified atom stereocenters. The van der Waals surface area contributed by atoms with Crippen LogP contribution in [0.3, 0.4) is 0 Å². The molecule has 0 spiro atoms. The Kier molecular flexibility index (Phi) is 1.38. The van der Waals surface area contributed by atoms with Crippen LogP contribution in [-0.2, 0) is 0 Å². The van der Waals surface area contributed by atoms with Gasteiger partial charge in [-0.1, -0.05) is 35.9 Å². The SMILES string of the molecule is Cc1ccc2c(c1)-c1ccc(C)c-2c1. The van der Waals surface area contributed by atoms with Crippen LogP contribution in [0.4, 0.5) is 0 Å². The van der Waals surface area contributed by atoms with E-state index in [2.05, 4.69) is 50.2 Å². The number of hydrogen-bond acceptors (Lipinski definition) is 0. The Morgan fingerprint density at radius 1 is 0.714 bits per heavy atom. The molecule has 0 radical (unpaired) electrons. The molecule has 2 bridgehead atoms. The fourth-order valence-electron chi connectivity index (χ4n) is 2.21. The molecule has 68 valence electrons. The van der Waals surface area contributed by atoms with Crippen molar-refractivity contribution in [2.24, 2.45) is 0 Å². The first-order valence-corrected chi connectivity index (χ1v) is 4.98. The summed E-state index contributed by atoms with van der Waals surface area (Å²) in [5.74, 6) is 0. The zero-order valence-electron chi connectivity index (χ0n) is 8.46. The zero-order chi connectivity index (χ0) is 9.71. The second-order valence-corrected chi connectivity index (χ2v) is 4.08. The van der Waals surface area contributed by atoms with Crippen LogP contribution in [0.1, 0.15) is 11.1 Å². The number of aryl methyl sites for hydroxylation is 2. The predicted octanol–water partition coefficient (Wildman–Crippen LogP) is 3.95. The van der Waals surface area contributed by atoms with Crippen molar-refractivity contribution >= 4 is 0 Å². The number of hydrogen-bond donors (Lipinski definition) is 0. The van der Waals surface area contributed by atoms with Gasteiger partial charge in [0, 0.05) is 0 Å². The quantitative estimate of drug-likeness (QED) is 0.491. The van der Waals surface area contributed by atoms with Crippen LogP contribution in [-0.4, -0.2) is 0 Å². The molecule has 0 amide bonds. The minimum atomic E-state index is 1.34. The van der Waals surface area contributed by atoms with Gasteiger partial charge >= 0.3 is 0 Å². The van der Waals surface area contributed by atoms with E-state index in [0.29, 0.717) is 0 Å². The molecule has 0 aliphatic heterocycles. The molecule has 1 aliphatic rings. The fourth-order valence-corrected chi connectivity index (χ4v) is 2.21. The topological polar surface area (TPSA) is 0 Å². The zero-order valence-corrected chi connectivity index (χ0v) is 8.46. The summed E-state index contributed by atoms with van der Waals surface area (Å²) < 4.78 is 0. The van der Waals surface area contributed by atoms with Gasteiger partial charge in [-0.2, -0.15) is 0 Å². The molecule has 0 N–H and O–H groups in total. The van der Waals surface area contributed by atoms with Gasteiger partial charge in [0.1, 0.15) is 0 Å². The van der Waals surface area contributed by atoms with Crippen LogP contribution in [0.2, 0.25) is 0 Å². The van der Waals surface area contributed by atoms with E-state index in [9.17, 15) is 0 Å². The number of benzene rings is 2. The molecule has 3 rings (SSSR count). The van der Waals surface area contributed by atoms with E-state index < -0.39 is 0 Å². The lowest BCUT2D eigenvalue weighted by Crippen LogP contribution is -1.78. The average Bonchev–Trinajstić information content (AvgIpc) is 2.47. The maximum absolute atomic E-state index is 2.29. The summed E-state index contributed by atoms with van der Waals surface area (Å²) in [4.78, 5) is 0. The number of fused-ring (bicyclic) bond motifs is 5. The van der Waals surface area contributed by atoms with Gasteiger partial charge < -0.3 is 0 Å². The highest BCUT2D eigenvalue weighted by Crippen LogP contribution is 2.42. The molecule has 2 aromatic carbocycles. The normalized spacial score (nSPS) is 11.6. The summed E-state index contributed by atoms with van der Waals surface area (Å²) in [5, 5.41) is 0. The molecule has 0 heteroatoms. The van der Waals surface area contributed by atoms with Crippen molar-refractivity contribution in [2.45, 2.75) is 13.8 Å². The van der Waals surface area contributed by atoms with Crippen LogP contribution in [0.15, 0.2) is 36.4 Å². The van der Waals surface area contributed by atoms with Crippen LogP contribution in [0, 0.1) is 13.8 Å². The van der Waals surface area contributed by atoms with Gasteiger partial charge in [0.25, 0.3) is 0 Å². The van der Waals surface area contributed by atoms with Crippen molar-refractivity contribution in [3.05, 3.63) is 47.5 Å². The van der Waals surface area contributed by atoms with Crippen LogP contribution >= 0.6 is 0 Å². The van der Waals surface area contributed by atoms with Crippen molar-refractivity contribution in [3.8, 4) is 22.3 Å². The third-order valence-electron chi connectivity index (χ3n) is 3.01. The highest BCUT2D eigenvalue weighted by atomic mass is 14.2. The van der Waals surface area contributed by atoms with E-state index in [1.807, 2.05) is 0 Å². The Morgan fingerprint density at radius 2 is 1.57 bits per heavy atom. The lowest BCUT2D eigenvalue weighted by Gasteiger charge is -2.02. The van der Waals surface area contributed by atoms with E-state index in [1.165, 1.54) is 33.4 Å².